The fraction of sp³-hybridized carbons (Fsp3) is 1.00. The fourth-order valence-corrected chi connectivity index (χ4v) is 2.83. The Balaban J connectivity index is 1.70. The molecule has 2 N–H and O–H groups in total. The van der Waals surface area contributed by atoms with Crippen LogP contribution in [0.2, 0.25) is 0 Å². The SMILES string of the molecule is NCC1CCCCC1OCC1CCCCO1. The van der Waals surface area contributed by atoms with Gasteiger partial charge in [0.2, 0.25) is 0 Å². The normalized spacial score (nSPS) is 36.2. The van der Waals surface area contributed by atoms with Crippen molar-refractivity contribution < 1.29 is 9.47 Å². The molecule has 1 saturated heterocycles. The quantitative estimate of drug-likeness (QED) is 0.800. The van der Waals surface area contributed by atoms with Gasteiger partial charge in [-0.25, -0.2) is 0 Å². The van der Waals surface area contributed by atoms with Gasteiger partial charge in [-0.2, -0.15) is 0 Å². The molecule has 3 atom stereocenters. The van der Waals surface area contributed by atoms with Crippen molar-refractivity contribution in [2.75, 3.05) is 19.8 Å². The molecule has 0 spiro atoms. The summed E-state index contributed by atoms with van der Waals surface area (Å²) in [6.07, 6.45) is 9.46. The highest BCUT2D eigenvalue weighted by Gasteiger charge is 2.26. The van der Waals surface area contributed by atoms with Crippen LogP contribution in [0, 0.1) is 5.92 Å². The zero-order valence-corrected chi connectivity index (χ0v) is 10.2. The average molecular weight is 227 g/mol. The van der Waals surface area contributed by atoms with Crippen molar-refractivity contribution in [3.05, 3.63) is 0 Å². The van der Waals surface area contributed by atoms with Crippen LogP contribution in [0.15, 0.2) is 0 Å². The van der Waals surface area contributed by atoms with E-state index in [9.17, 15) is 0 Å². The molecule has 1 aliphatic carbocycles. The summed E-state index contributed by atoms with van der Waals surface area (Å²) in [5, 5.41) is 0. The third-order valence-corrected chi connectivity index (χ3v) is 3.91. The van der Waals surface area contributed by atoms with Crippen LogP contribution in [0.3, 0.4) is 0 Å². The molecule has 0 aromatic carbocycles. The minimum atomic E-state index is 0.342. The van der Waals surface area contributed by atoms with Crippen molar-refractivity contribution in [3.8, 4) is 0 Å². The molecule has 1 aliphatic heterocycles. The van der Waals surface area contributed by atoms with Gasteiger partial charge in [0.25, 0.3) is 0 Å². The predicted molar refractivity (Wildman–Crippen MR) is 64.3 cm³/mol. The summed E-state index contributed by atoms with van der Waals surface area (Å²) in [7, 11) is 0. The topological polar surface area (TPSA) is 44.5 Å². The lowest BCUT2D eigenvalue weighted by atomic mass is 9.86. The molecule has 3 unspecified atom stereocenters. The summed E-state index contributed by atoms with van der Waals surface area (Å²) >= 11 is 0. The molecule has 2 fully saturated rings. The lowest BCUT2D eigenvalue weighted by molar-refractivity contribution is -0.0835. The van der Waals surface area contributed by atoms with Gasteiger partial charge in [-0.3, -0.25) is 0 Å². The maximum Gasteiger partial charge on any atom is 0.0808 e. The summed E-state index contributed by atoms with van der Waals surface area (Å²) in [4.78, 5) is 0. The maximum atomic E-state index is 6.02. The number of hydrogen-bond acceptors (Lipinski definition) is 3. The first-order chi connectivity index (χ1) is 7.90. The van der Waals surface area contributed by atoms with E-state index in [2.05, 4.69) is 0 Å². The molecule has 3 nitrogen and oxygen atoms in total. The summed E-state index contributed by atoms with van der Waals surface area (Å²) in [6.45, 7) is 2.47. The molecule has 1 heterocycles. The maximum absolute atomic E-state index is 6.02. The van der Waals surface area contributed by atoms with Crippen LogP contribution in [-0.2, 0) is 9.47 Å². The Kier molecular flexibility index (Phi) is 5.07. The van der Waals surface area contributed by atoms with Gasteiger partial charge in [0, 0.05) is 6.61 Å². The van der Waals surface area contributed by atoms with E-state index in [0.717, 1.165) is 19.8 Å². The van der Waals surface area contributed by atoms with Crippen LogP contribution in [0.25, 0.3) is 0 Å². The number of ether oxygens (including phenoxy) is 2. The first-order valence-corrected chi connectivity index (χ1v) is 6.83. The second-order valence-electron chi connectivity index (χ2n) is 5.14. The monoisotopic (exact) mass is 227 g/mol. The molecule has 0 aromatic heterocycles. The molecular weight excluding hydrogens is 202 g/mol. The third kappa shape index (κ3) is 3.44. The minimum absolute atomic E-state index is 0.342. The number of hydrogen-bond donors (Lipinski definition) is 1. The van der Waals surface area contributed by atoms with Crippen LogP contribution < -0.4 is 5.73 Å². The minimum Gasteiger partial charge on any atom is -0.376 e. The van der Waals surface area contributed by atoms with Crippen molar-refractivity contribution >= 4 is 0 Å². The molecular formula is C13H25NO2. The van der Waals surface area contributed by atoms with Gasteiger partial charge in [0.1, 0.15) is 0 Å². The van der Waals surface area contributed by atoms with Crippen molar-refractivity contribution in [3.63, 3.8) is 0 Å². The van der Waals surface area contributed by atoms with Gasteiger partial charge in [0.05, 0.1) is 18.8 Å². The zero-order valence-electron chi connectivity index (χ0n) is 10.2. The summed E-state index contributed by atoms with van der Waals surface area (Å²) < 4.78 is 11.7. The van der Waals surface area contributed by atoms with Gasteiger partial charge < -0.3 is 15.2 Å². The van der Waals surface area contributed by atoms with Gasteiger partial charge in [-0.15, -0.1) is 0 Å². The van der Waals surface area contributed by atoms with E-state index in [1.807, 2.05) is 0 Å². The van der Waals surface area contributed by atoms with Gasteiger partial charge >= 0.3 is 0 Å². The van der Waals surface area contributed by atoms with E-state index in [1.54, 1.807) is 0 Å². The summed E-state index contributed by atoms with van der Waals surface area (Å²) in [6, 6.07) is 0. The van der Waals surface area contributed by atoms with Crippen LogP contribution in [0.4, 0.5) is 0 Å². The van der Waals surface area contributed by atoms with Gasteiger partial charge in [-0.1, -0.05) is 12.8 Å². The average Bonchev–Trinajstić information content (AvgIpc) is 2.38. The Labute approximate surface area is 98.7 Å². The first-order valence-electron chi connectivity index (χ1n) is 6.83. The van der Waals surface area contributed by atoms with E-state index >= 15 is 0 Å². The summed E-state index contributed by atoms with van der Waals surface area (Å²) in [5.74, 6) is 0.581. The predicted octanol–water partition coefficient (Wildman–Crippen LogP) is 2.09. The molecule has 2 rings (SSSR count). The number of rotatable bonds is 4. The van der Waals surface area contributed by atoms with Crippen LogP contribution >= 0.6 is 0 Å². The number of nitrogens with two attached hydrogens (primary N) is 1. The summed E-state index contributed by atoms with van der Waals surface area (Å²) in [5.41, 5.74) is 5.79. The largest absolute Gasteiger partial charge is 0.376 e. The highest BCUT2D eigenvalue weighted by atomic mass is 16.5. The Hall–Kier alpha value is -0.120. The molecule has 2 aliphatic rings. The van der Waals surface area contributed by atoms with E-state index in [4.69, 9.17) is 15.2 Å². The second kappa shape index (κ2) is 6.58. The van der Waals surface area contributed by atoms with E-state index in [0.29, 0.717) is 18.1 Å². The highest BCUT2D eigenvalue weighted by Crippen LogP contribution is 2.26. The third-order valence-electron chi connectivity index (χ3n) is 3.91. The highest BCUT2D eigenvalue weighted by molar-refractivity contribution is 4.77. The van der Waals surface area contributed by atoms with Crippen molar-refractivity contribution in [1.82, 2.24) is 0 Å². The Morgan fingerprint density at radius 2 is 1.88 bits per heavy atom. The Morgan fingerprint density at radius 1 is 1.06 bits per heavy atom. The fourth-order valence-electron chi connectivity index (χ4n) is 2.83. The van der Waals surface area contributed by atoms with Gasteiger partial charge in [-0.05, 0) is 44.6 Å². The smallest absolute Gasteiger partial charge is 0.0808 e. The van der Waals surface area contributed by atoms with Crippen molar-refractivity contribution in [1.29, 1.82) is 0 Å². The van der Waals surface area contributed by atoms with E-state index < -0.39 is 0 Å². The Bertz CT molecular complexity index is 192. The molecule has 0 aromatic rings. The Morgan fingerprint density at radius 3 is 2.62 bits per heavy atom. The van der Waals surface area contributed by atoms with Gasteiger partial charge in [0.15, 0.2) is 0 Å². The molecule has 94 valence electrons. The zero-order chi connectivity index (χ0) is 11.2. The lowest BCUT2D eigenvalue weighted by Gasteiger charge is -2.32. The molecule has 1 saturated carbocycles. The second-order valence-corrected chi connectivity index (χ2v) is 5.14. The molecule has 16 heavy (non-hydrogen) atoms. The van der Waals surface area contributed by atoms with E-state index in [-0.39, 0.29) is 0 Å². The first kappa shape index (κ1) is 12.3. The lowest BCUT2D eigenvalue weighted by Crippen LogP contribution is -2.36. The van der Waals surface area contributed by atoms with Crippen molar-refractivity contribution in [2.24, 2.45) is 11.7 Å². The molecule has 0 bridgehead atoms. The van der Waals surface area contributed by atoms with Crippen LogP contribution in [-0.4, -0.2) is 32.0 Å². The standard InChI is InChI=1S/C13H25NO2/c14-9-11-5-1-2-7-13(11)16-10-12-6-3-4-8-15-12/h11-13H,1-10,14H2. The van der Waals surface area contributed by atoms with E-state index in [1.165, 1.54) is 44.9 Å². The molecule has 0 radical (unpaired) electrons. The van der Waals surface area contributed by atoms with Crippen LogP contribution in [0.1, 0.15) is 44.9 Å². The molecule has 0 amide bonds. The van der Waals surface area contributed by atoms with Crippen LogP contribution in [0.5, 0.6) is 0 Å². The van der Waals surface area contributed by atoms with Crippen molar-refractivity contribution in [2.45, 2.75) is 57.2 Å². The molecule has 3 heteroatoms.